The SMILES string of the molecule is C[C@@H](OC[C@@]1(c2ccccc2)CC[C@]2(CCC(=O)N2)CN1C(=O)OCCCCl)c1cc(C(F)(F)F)cc(C(F)(F)F)c1. The molecule has 3 atom stereocenters. The zero-order chi connectivity index (χ0) is 30.8. The number of hydrogen-bond donors (Lipinski definition) is 1. The number of carbonyl (C=O) groups excluding carboxylic acids is 2. The van der Waals surface area contributed by atoms with E-state index in [1.165, 1.54) is 11.8 Å². The van der Waals surface area contributed by atoms with E-state index in [2.05, 4.69) is 5.32 Å². The lowest BCUT2D eigenvalue weighted by atomic mass is 9.74. The number of halogens is 7. The van der Waals surface area contributed by atoms with Crippen LogP contribution in [0.3, 0.4) is 0 Å². The highest BCUT2D eigenvalue weighted by Crippen LogP contribution is 2.45. The van der Waals surface area contributed by atoms with Gasteiger partial charge >= 0.3 is 18.4 Å². The van der Waals surface area contributed by atoms with Gasteiger partial charge in [0.15, 0.2) is 0 Å². The molecule has 0 unspecified atom stereocenters. The van der Waals surface area contributed by atoms with E-state index >= 15 is 0 Å². The van der Waals surface area contributed by atoms with Crippen LogP contribution in [-0.4, -0.2) is 48.1 Å². The average Bonchev–Trinajstić information content (AvgIpc) is 3.31. The quantitative estimate of drug-likeness (QED) is 0.192. The molecule has 4 rings (SSSR count). The summed E-state index contributed by atoms with van der Waals surface area (Å²) in [6, 6.07) is 10.1. The number of nitrogens with zero attached hydrogens (tertiary/aromatic N) is 1. The summed E-state index contributed by atoms with van der Waals surface area (Å²) in [4.78, 5) is 27.2. The molecule has 0 radical (unpaired) electrons. The third-order valence-corrected chi connectivity index (χ3v) is 8.18. The first-order valence-electron chi connectivity index (χ1n) is 13.5. The highest BCUT2D eigenvalue weighted by molar-refractivity contribution is 6.17. The molecular weight excluding hydrogens is 590 g/mol. The Morgan fingerprint density at radius 2 is 1.67 bits per heavy atom. The van der Waals surface area contributed by atoms with Gasteiger partial charge in [0.1, 0.15) is 0 Å². The van der Waals surface area contributed by atoms with Crippen molar-refractivity contribution >= 4 is 23.6 Å². The number of rotatable bonds is 8. The zero-order valence-corrected chi connectivity index (χ0v) is 23.5. The Morgan fingerprint density at radius 3 is 2.21 bits per heavy atom. The van der Waals surface area contributed by atoms with Crippen LogP contribution in [0.15, 0.2) is 48.5 Å². The van der Waals surface area contributed by atoms with Gasteiger partial charge in [-0.2, -0.15) is 26.3 Å². The van der Waals surface area contributed by atoms with E-state index in [0.29, 0.717) is 37.0 Å². The number of likely N-dealkylation sites (tertiary alicyclic amines) is 1. The summed E-state index contributed by atoms with van der Waals surface area (Å²) in [5, 5.41) is 2.98. The Balaban J connectivity index is 1.70. The van der Waals surface area contributed by atoms with Crippen molar-refractivity contribution in [3.8, 4) is 0 Å². The van der Waals surface area contributed by atoms with Crippen molar-refractivity contribution in [1.29, 1.82) is 0 Å². The van der Waals surface area contributed by atoms with E-state index in [-0.39, 0.29) is 56.0 Å². The van der Waals surface area contributed by atoms with E-state index in [1.807, 2.05) is 0 Å². The van der Waals surface area contributed by atoms with Crippen LogP contribution in [0.5, 0.6) is 0 Å². The molecule has 42 heavy (non-hydrogen) atoms. The molecule has 6 nitrogen and oxygen atoms in total. The number of piperidine rings is 1. The zero-order valence-electron chi connectivity index (χ0n) is 22.8. The molecule has 2 aromatic carbocycles. The molecule has 2 amide bonds. The minimum absolute atomic E-state index is 0.0325. The maximum atomic E-state index is 13.6. The minimum atomic E-state index is -5.01. The van der Waals surface area contributed by atoms with Gasteiger partial charge in [0.25, 0.3) is 0 Å². The van der Waals surface area contributed by atoms with Crippen molar-refractivity contribution in [2.24, 2.45) is 0 Å². The van der Waals surface area contributed by atoms with E-state index in [0.717, 1.165) is 0 Å². The van der Waals surface area contributed by atoms with Gasteiger partial charge in [-0.3, -0.25) is 9.69 Å². The fourth-order valence-electron chi connectivity index (χ4n) is 5.58. The summed E-state index contributed by atoms with van der Waals surface area (Å²) >= 11 is 5.75. The minimum Gasteiger partial charge on any atom is -0.449 e. The van der Waals surface area contributed by atoms with Crippen molar-refractivity contribution in [2.75, 3.05) is 25.6 Å². The molecule has 1 N–H and O–H groups in total. The molecule has 0 aromatic heterocycles. The summed E-state index contributed by atoms with van der Waals surface area (Å²) in [6.07, 6.45) is -10.00. The Hall–Kier alpha value is -2.99. The molecule has 2 aliphatic heterocycles. The monoisotopic (exact) mass is 620 g/mol. The van der Waals surface area contributed by atoms with Gasteiger partial charge in [0, 0.05) is 18.8 Å². The maximum Gasteiger partial charge on any atom is 0.416 e. The second-order valence-corrected chi connectivity index (χ2v) is 11.1. The van der Waals surface area contributed by atoms with Gasteiger partial charge in [-0.1, -0.05) is 30.3 Å². The van der Waals surface area contributed by atoms with Crippen LogP contribution in [0.4, 0.5) is 31.1 Å². The predicted octanol–water partition coefficient (Wildman–Crippen LogP) is 7.21. The Labute approximate surface area is 244 Å². The van der Waals surface area contributed by atoms with Crippen LogP contribution < -0.4 is 5.32 Å². The molecule has 13 heteroatoms. The highest BCUT2D eigenvalue weighted by Gasteiger charge is 2.54. The predicted molar refractivity (Wildman–Crippen MR) is 142 cm³/mol. The molecule has 0 aliphatic carbocycles. The van der Waals surface area contributed by atoms with Gasteiger partial charge in [0.2, 0.25) is 5.91 Å². The number of nitrogens with one attached hydrogen (secondary N) is 1. The van der Waals surface area contributed by atoms with Crippen molar-refractivity contribution in [1.82, 2.24) is 10.2 Å². The lowest BCUT2D eigenvalue weighted by molar-refractivity contribution is -0.143. The van der Waals surface area contributed by atoms with E-state index in [9.17, 15) is 35.9 Å². The van der Waals surface area contributed by atoms with E-state index in [4.69, 9.17) is 21.1 Å². The Bertz CT molecular complexity index is 1240. The summed E-state index contributed by atoms with van der Waals surface area (Å²) in [6.45, 7) is 1.21. The van der Waals surface area contributed by atoms with Gasteiger partial charge in [-0.05, 0) is 61.9 Å². The number of carbonyl (C=O) groups is 2. The Kier molecular flexibility index (Phi) is 9.37. The number of hydrogen-bond acceptors (Lipinski definition) is 4. The van der Waals surface area contributed by atoms with Crippen molar-refractivity contribution in [2.45, 2.75) is 68.6 Å². The van der Waals surface area contributed by atoms with E-state index < -0.39 is 46.8 Å². The molecule has 230 valence electrons. The van der Waals surface area contributed by atoms with Crippen LogP contribution in [0.2, 0.25) is 0 Å². The topological polar surface area (TPSA) is 67.9 Å². The summed E-state index contributed by atoms with van der Waals surface area (Å²) in [7, 11) is 0. The van der Waals surface area contributed by atoms with Gasteiger partial charge in [0.05, 0.1) is 41.5 Å². The lowest BCUT2D eigenvalue weighted by Gasteiger charge is -2.52. The largest absolute Gasteiger partial charge is 0.449 e. The first kappa shape index (κ1) is 31.9. The van der Waals surface area contributed by atoms with Crippen LogP contribution in [0.1, 0.15) is 67.4 Å². The molecule has 0 bridgehead atoms. The first-order valence-corrected chi connectivity index (χ1v) is 14.0. The smallest absolute Gasteiger partial charge is 0.416 e. The number of benzene rings is 2. The number of alkyl halides is 7. The first-order chi connectivity index (χ1) is 19.7. The molecule has 0 saturated carbocycles. The molecule has 2 saturated heterocycles. The van der Waals surface area contributed by atoms with Crippen molar-refractivity contribution < 1.29 is 45.4 Å². The summed E-state index contributed by atoms with van der Waals surface area (Å²) in [5.41, 5.74) is -4.45. The molecule has 2 aliphatic rings. The van der Waals surface area contributed by atoms with Crippen LogP contribution in [0, 0.1) is 0 Å². The average molecular weight is 621 g/mol. The van der Waals surface area contributed by atoms with Crippen molar-refractivity contribution in [3.05, 3.63) is 70.8 Å². The number of amides is 2. The molecule has 2 heterocycles. The fraction of sp³-hybridized carbons (Fsp3) is 0.517. The standard InChI is InChI=1S/C29H31ClF6N2O4/c1-19(20-14-22(28(31,32)33)16-23(15-20)29(34,35)36)42-18-27(21-6-3-2-4-7-21)11-10-26(9-8-24(39)37-26)17-38(27)25(40)41-13-5-12-30/h2-4,6-7,14-16,19H,5,8-13,17-18H2,1H3,(H,37,39)/t19-,26-,27-/m1/s1. The maximum absolute atomic E-state index is 13.6. The lowest BCUT2D eigenvalue weighted by Crippen LogP contribution is -2.65. The molecule has 2 aromatic rings. The van der Waals surface area contributed by atoms with Crippen molar-refractivity contribution in [3.63, 3.8) is 0 Å². The van der Waals surface area contributed by atoms with Crippen LogP contribution in [0.25, 0.3) is 0 Å². The summed E-state index contributed by atoms with van der Waals surface area (Å²) in [5.74, 6) is 0.113. The van der Waals surface area contributed by atoms with Crippen LogP contribution in [-0.2, 0) is 32.2 Å². The normalized spacial score (nSPS) is 23.6. The van der Waals surface area contributed by atoms with Gasteiger partial charge in [-0.15, -0.1) is 11.6 Å². The van der Waals surface area contributed by atoms with Gasteiger partial charge in [-0.25, -0.2) is 4.79 Å². The Morgan fingerprint density at radius 1 is 1.02 bits per heavy atom. The number of ether oxygens (including phenoxy) is 2. The fourth-order valence-corrected chi connectivity index (χ4v) is 5.69. The molecule has 1 spiro atoms. The highest BCUT2D eigenvalue weighted by atomic mass is 35.5. The third-order valence-electron chi connectivity index (χ3n) is 7.92. The third kappa shape index (κ3) is 6.96. The van der Waals surface area contributed by atoms with Crippen LogP contribution >= 0.6 is 11.6 Å². The second kappa shape index (κ2) is 12.3. The van der Waals surface area contributed by atoms with Gasteiger partial charge < -0.3 is 14.8 Å². The summed E-state index contributed by atoms with van der Waals surface area (Å²) < 4.78 is 92.5. The molecule has 2 fully saturated rings. The van der Waals surface area contributed by atoms with E-state index in [1.54, 1.807) is 30.3 Å². The second-order valence-electron chi connectivity index (χ2n) is 10.8. The molecular formula is C29H31ClF6N2O4.